The molecule has 1 fully saturated rings. The molecule has 0 aromatic carbocycles. The Kier molecular flexibility index (Phi) is 6.54. The van der Waals surface area contributed by atoms with Crippen LogP contribution in [0.5, 0.6) is 0 Å². The van der Waals surface area contributed by atoms with Gasteiger partial charge in [-0.2, -0.15) is 11.3 Å². The molecule has 3 unspecified atom stereocenters. The van der Waals surface area contributed by atoms with Crippen LogP contribution in [0.1, 0.15) is 62.7 Å². The van der Waals surface area contributed by atoms with Gasteiger partial charge in [0.05, 0.1) is 6.04 Å². The molecule has 1 N–H and O–H groups in total. The van der Waals surface area contributed by atoms with Crippen LogP contribution in [0.25, 0.3) is 0 Å². The van der Waals surface area contributed by atoms with Gasteiger partial charge < -0.3 is 9.73 Å². The van der Waals surface area contributed by atoms with Crippen LogP contribution in [0.4, 0.5) is 0 Å². The van der Waals surface area contributed by atoms with E-state index in [-0.39, 0.29) is 11.9 Å². The number of furan rings is 1. The van der Waals surface area contributed by atoms with Gasteiger partial charge in [-0.1, -0.05) is 20.8 Å². The molecule has 1 aliphatic carbocycles. The molecule has 1 saturated carbocycles. The fourth-order valence-corrected chi connectivity index (χ4v) is 4.28. The summed E-state index contributed by atoms with van der Waals surface area (Å²) in [7, 11) is 0. The summed E-state index contributed by atoms with van der Waals surface area (Å²) in [5.41, 5.74) is 1.29. The first-order valence-corrected chi connectivity index (χ1v) is 10.7. The van der Waals surface area contributed by atoms with E-state index in [1.165, 1.54) is 12.0 Å². The van der Waals surface area contributed by atoms with Gasteiger partial charge >= 0.3 is 0 Å². The van der Waals surface area contributed by atoms with Crippen LogP contribution in [0.2, 0.25) is 0 Å². The molecular weight excluding hydrogens is 344 g/mol. The minimum absolute atomic E-state index is 0.0927. The van der Waals surface area contributed by atoms with Gasteiger partial charge in [-0.25, -0.2) is 0 Å². The van der Waals surface area contributed by atoms with Gasteiger partial charge in [-0.15, -0.1) is 0 Å². The highest BCUT2D eigenvalue weighted by Crippen LogP contribution is 2.47. The molecule has 1 amide bonds. The Hall–Kier alpha value is -1.59. The van der Waals surface area contributed by atoms with Crippen molar-refractivity contribution in [3.63, 3.8) is 0 Å². The zero-order valence-corrected chi connectivity index (χ0v) is 16.8. The fourth-order valence-electron chi connectivity index (χ4n) is 3.57. The molecule has 0 saturated heterocycles. The molecule has 3 atom stereocenters. The maximum Gasteiger partial charge on any atom is 0.220 e. The van der Waals surface area contributed by atoms with Gasteiger partial charge in [0.2, 0.25) is 5.91 Å². The van der Waals surface area contributed by atoms with E-state index in [9.17, 15) is 4.79 Å². The lowest BCUT2D eigenvalue weighted by Crippen LogP contribution is -2.38. The second-order valence-electron chi connectivity index (χ2n) is 7.22. The number of carbonyl (C=O) groups is 1. The monoisotopic (exact) mass is 374 g/mol. The number of likely N-dealkylation sites (N-methyl/N-ethyl adjacent to an activating group) is 1. The van der Waals surface area contributed by atoms with E-state index in [2.05, 4.69) is 53.9 Å². The van der Waals surface area contributed by atoms with Crippen LogP contribution in [0, 0.1) is 5.92 Å². The number of aryl methyl sites for hydroxylation is 1. The average Bonchev–Trinajstić information content (AvgIpc) is 3.08. The molecule has 5 heteroatoms. The van der Waals surface area contributed by atoms with Crippen molar-refractivity contribution >= 4 is 17.2 Å². The van der Waals surface area contributed by atoms with Crippen molar-refractivity contribution in [1.29, 1.82) is 0 Å². The maximum absolute atomic E-state index is 12.3. The summed E-state index contributed by atoms with van der Waals surface area (Å²) >= 11 is 1.71. The quantitative estimate of drug-likeness (QED) is 0.661. The minimum atomic E-state index is 0.0927. The number of nitrogens with one attached hydrogen (secondary N) is 1. The van der Waals surface area contributed by atoms with Crippen molar-refractivity contribution < 1.29 is 9.21 Å². The summed E-state index contributed by atoms with van der Waals surface area (Å²) in [5.74, 6) is 3.44. The van der Waals surface area contributed by atoms with E-state index in [0.717, 1.165) is 30.5 Å². The lowest BCUT2D eigenvalue weighted by molar-refractivity contribution is -0.121. The van der Waals surface area contributed by atoms with Crippen LogP contribution in [-0.2, 0) is 11.2 Å². The standard InChI is InChI=1S/C21H30N2O2S/c1-4-23(5-2)19(16-10-11-26-14-16)13-22-21(24)9-7-17-6-8-20(25-17)18-12-15(18)3/h6,8,10-11,14-15,18-19H,4-5,7,9,12-13H2,1-3H3,(H,22,24). The summed E-state index contributed by atoms with van der Waals surface area (Å²) in [6.07, 6.45) is 2.37. The zero-order chi connectivity index (χ0) is 18.5. The third kappa shape index (κ3) is 4.77. The molecule has 0 spiro atoms. The van der Waals surface area contributed by atoms with Crippen molar-refractivity contribution in [3.8, 4) is 0 Å². The average molecular weight is 375 g/mol. The number of hydrogen-bond acceptors (Lipinski definition) is 4. The Labute approximate surface area is 160 Å². The van der Waals surface area contributed by atoms with Crippen LogP contribution in [0.15, 0.2) is 33.4 Å². The zero-order valence-electron chi connectivity index (χ0n) is 16.0. The highest BCUT2D eigenvalue weighted by Gasteiger charge is 2.36. The van der Waals surface area contributed by atoms with Crippen LogP contribution >= 0.6 is 11.3 Å². The van der Waals surface area contributed by atoms with E-state index in [1.54, 1.807) is 11.3 Å². The molecule has 0 radical (unpaired) electrons. The molecule has 0 aliphatic heterocycles. The van der Waals surface area contributed by atoms with Gasteiger partial charge in [0.1, 0.15) is 11.5 Å². The first-order valence-electron chi connectivity index (χ1n) is 9.73. The van der Waals surface area contributed by atoms with Crippen molar-refractivity contribution in [2.45, 2.75) is 52.0 Å². The minimum Gasteiger partial charge on any atom is -0.466 e. The Morgan fingerprint density at radius 3 is 2.73 bits per heavy atom. The molecule has 4 nitrogen and oxygen atoms in total. The predicted molar refractivity (Wildman–Crippen MR) is 107 cm³/mol. The van der Waals surface area contributed by atoms with Gasteiger partial charge in [-0.05, 0) is 60.0 Å². The molecule has 26 heavy (non-hydrogen) atoms. The summed E-state index contributed by atoms with van der Waals surface area (Å²) in [5, 5.41) is 7.40. The molecular formula is C21H30N2O2S. The van der Waals surface area contributed by atoms with Gasteiger partial charge in [0, 0.05) is 25.3 Å². The SMILES string of the molecule is CCN(CC)C(CNC(=O)CCc1ccc(C2CC2C)o1)c1ccsc1. The number of hydrogen-bond donors (Lipinski definition) is 1. The number of rotatable bonds is 10. The van der Waals surface area contributed by atoms with Gasteiger partial charge in [0.15, 0.2) is 0 Å². The number of amides is 1. The predicted octanol–water partition coefficient (Wildman–Crippen LogP) is 4.60. The van der Waals surface area contributed by atoms with Crippen molar-refractivity contribution in [2.75, 3.05) is 19.6 Å². The highest BCUT2D eigenvalue weighted by molar-refractivity contribution is 7.07. The van der Waals surface area contributed by atoms with Crippen molar-refractivity contribution in [3.05, 3.63) is 46.0 Å². The second-order valence-corrected chi connectivity index (χ2v) is 8.00. The third-order valence-electron chi connectivity index (χ3n) is 5.43. The van der Waals surface area contributed by atoms with Crippen LogP contribution in [0.3, 0.4) is 0 Å². The Balaban J connectivity index is 1.48. The number of carbonyl (C=O) groups excluding carboxylic acids is 1. The Bertz CT molecular complexity index is 691. The van der Waals surface area contributed by atoms with Gasteiger partial charge in [-0.3, -0.25) is 9.69 Å². The van der Waals surface area contributed by atoms with Crippen LogP contribution < -0.4 is 5.32 Å². The summed E-state index contributed by atoms with van der Waals surface area (Å²) in [6, 6.07) is 6.50. The van der Waals surface area contributed by atoms with Crippen LogP contribution in [-0.4, -0.2) is 30.4 Å². The lowest BCUT2D eigenvalue weighted by Gasteiger charge is -2.29. The molecule has 2 aromatic heterocycles. The van der Waals surface area contributed by atoms with E-state index < -0.39 is 0 Å². The topological polar surface area (TPSA) is 45.5 Å². The lowest BCUT2D eigenvalue weighted by atomic mass is 10.1. The van der Waals surface area contributed by atoms with Crippen molar-refractivity contribution in [2.24, 2.45) is 5.92 Å². The summed E-state index contributed by atoms with van der Waals surface area (Å²) < 4.78 is 5.90. The normalized spacial score (nSPS) is 20.3. The molecule has 2 aromatic rings. The summed E-state index contributed by atoms with van der Waals surface area (Å²) in [6.45, 7) is 9.18. The molecule has 2 heterocycles. The first-order chi connectivity index (χ1) is 12.6. The largest absolute Gasteiger partial charge is 0.466 e. The fraction of sp³-hybridized carbons (Fsp3) is 0.571. The first kappa shape index (κ1) is 19.2. The second kappa shape index (κ2) is 8.87. The van der Waals surface area contributed by atoms with E-state index >= 15 is 0 Å². The Morgan fingerprint density at radius 1 is 1.35 bits per heavy atom. The maximum atomic E-state index is 12.3. The van der Waals surface area contributed by atoms with E-state index in [1.807, 2.05) is 6.07 Å². The number of thiophene rings is 1. The molecule has 1 aliphatic rings. The molecule has 142 valence electrons. The molecule has 3 rings (SSSR count). The number of nitrogens with zero attached hydrogens (tertiary/aromatic N) is 1. The smallest absolute Gasteiger partial charge is 0.220 e. The highest BCUT2D eigenvalue weighted by atomic mass is 32.1. The van der Waals surface area contributed by atoms with E-state index in [0.29, 0.717) is 25.3 Å². The summed E-state index contributed by atoms with van der Waals surface area (Å²) in [4.78, 5) is 14.7. The molecule has 0 bridgehead atoms. The third-order valence-corrected chi connectivity index (χ3v) is 6.13. The van der Waals surface area contributed by atoms with Crippen molar-refractivity contribution in [1.82, 2.24) is 10.2 Å². The Morgan fingerprint density at radius 2 is 2.12 bits per heavy atom. The van der Waals surface area contributed by atoms with Gasteiger partial charge in [0.25, 0.3) is 0 Å². The van der Waals surface area contributed by atoms with E-state index in [4.69, 9.17) is 4.42 Å².